The molecule has 0 saturated carbocycles. The second kappa shape index (κ2) is 13.1. The Bertz CT molecular complexity index is 1880. The molecule has 2 aromatic carbocycles. The Morgan fingerprint density at radius 2 is 1.76 bits per heavy atom. The topological polar surface area (TPSA) is 85.1 Å². The molecule has 0 bridgehead atoms. The van der Waals surface area contributed by atoms with Crippen LogP contribution < -0.4 is 10.1 Å². The van der Waals surface area contributed by atoms with Crippen LogP contribution in [0.5, 0.6) is 5.75 Å². The number of rotatable bonds is 11. The van der Waals surface area contributed by atoms with Crippen molar-refractivity contribution in [3.05, 3.63) is 101 Å². The van der Waals surface area contributed by atoms with Crippen LogP contribution >= 0.6 is 0 Å². The molecule has 0 unspecified atom stereocenters. The van der Waals surface area contributed by atoms with E-state index >= 15 is 0 Å². The van der Waals surface area contributed by atoms with E-state index in [1.165, 1.54) is 5.57 Å². The van der Waals surface area contributed by atoms with E-state index in [1.54, 1.807) is 18.3 Å². The Balaban J connectivity index is 1.33. The zero-order chi connectivity index (χ0) is 31.5. The molecule has 232 valence electrons. The smallest absolute Gasteiger partial charge is 0.138 e. The Labute approximate surface area is 263 Å². The van der Waals surface area contributed by atoms with Crippen LogP contribution in [-0.4, -0.2) is 84.4 Å². The molecular weight excluding hydrogens is 565 g/mol. The first-order valence-corrected chi connectivity index (χ1v) is 15.2. The number of hydrogen-bond acceptors (Lipinski definition) is 6. The fourth-order valence-electron chi connectivity index (χ4n) is 5.58. The van der Waals surface area contributed by atoms with E-state index < -0.39 is 0 Å². The van der Waals surface area contributed by atoms with Gasteiger partial charge in [0.05, 0.1) is 17.4 Å². The van der Waals surface area contributed by atoms with E-state index in [2.05, 4.69) is 67.5 Å². The second-order valence-corrected chi connectivity index (χ2v) is 12.2. The Morgan fingerprint density at radius 1 is 0.911 bits per heavy atom. The monoisotopic (exact) mass is 605 g/mol. The summed E-state index contributed by atoms with van der Waals surface area (Å²) in [6, 6.07) is 15.6. The highest BCUT2D eigenvalue weighted by molar-refractivity contribution is 5.96. The van der Waals surface area contributed by atoms with Crippen LogP contribution in [0, 0.1) is 5.82 Å². The highest BCUT2D eigenvalue weighted by Crippen LogP contribution is 2.37. The molecule has 45 heavy (non-hydrogen) atoms. The number of nitrogens with zero attached hydrogens (tertiary/aromatic N) is 4. The van der Waals surface area contributed by atoms with Crippen LogP contribution in [0.3, 0.4) is 0 Å². The fraction of sp³-hybridized carbons (Fsp3) is 0.278. The normalized spacial score (nSPS) is 13.2. The van der Waals surface area contributed by atoms with Gasteiger partial charge in [-0.15, -0.1) is 0 Å². The molecule has 1 aliphatic carbocycles. The summed E-state index contributed by atoms with van der Waals surface area (Å²) in [6.07, 6.45) is 8.58. The zero-order valence-corrected chi connectivity index (χ0v) is 26.5. The van der Waals surface area contributed by atoms with Gasteiger partial charge in [0.25, 0.3) is 0 Å². The van der Waals surface area contributed by atoms with Crippen LogP contribution in [0.4, 0.5) is 10.1 Å². The molecular formula is C36H40FN7O. The fourth-order valence-corrected chi connectivity index (χ4v) is 5.58. The number of allylic oxidation sites excluding steroid dienone is 3. The number of H-pyrrole nitrogens is 2. The molecule has 0 fully saturated rings. The number of halogens is 1. The van der Waals surface area contributed by atoms with Crippen molar-refractivity contribution < 1.29 is 9.13 Å². The van der Waals surface area contributed by atoms with Gasteiger partial charge in [-0.3, -0.25) is 10.1 Å². The van der Waals surface area contributed by atoms with Gasteiger partial charge in [0.15, 0.2) is 0 Å². The molecule has 5 aromatic rings. The van der Waals surface area contributed by atoms with E-state index in [-0.39, 0.29) is 5.82 Å². The first-order valence-electron chi connectivity index (χ1n) is 15.2. The summed E-state index contributed by atoms with van der Waals surface area (Å²) in [4.78, 5) is 12.3. The molecule has 3 N–H and O–H groups in total. The lowest BCUT2D eigenvalue weighted by molar-refractivity contribution is 0.261. The second-order valence-electron chi connectivity index (χ2n) is 12.2. The minimum Gasteiger partial charge on any atom is -0.491 e. The van der Waals surface area contributed by atoms with Gasteiger partial charge in [0, 0.05) is 60.1 Å². The summed E-state index contributed by atoms with van der Waals surface area (Å²) < 4.78 is 20.8. The molecule has 0 aliphatic heterocycles. The molecule has 1 aliphatic rings. The number of pyridine rings is 1. The third kappa shape index (κ3) is 7.00. The van der Waals surface area contributed by atoms with Crippen molar-refractivity contribution >= 4 is 22.2 Å². The van der Waals surface area contributed by atoms with Crippen molar-refractivity contribution in [1.82, 2.24) is 30.0 Å². The summed E-state index contributed by atoms with van der Waals surface area (Å²) in [7, 11) is 8.10. The lowest BCUT2D eigenvalue weighted by Gasteiger charge is -2.14. The van der Waals surface area contributed by atoms with Gasteiger partial charge in [-0.1, -0.05) is 23.8 Å². The van der Waals surface area contributed by atoms with E-state index in [9.17, 15) is 4.39 Å². The van der Waals surface area contributed by atoms with Crippen LogP contribution in [0.15, 0.2) is 78.6 Å². The van der Waals surface area contributed by atoms with Gasteiger partial charge >= 0.3 is 0 Å². The molecule has 3 heterocycles. The van der Waals surface area contributed by atoms with Crippen LogP contribution in [0.25, 0.3) is 39.0 Å². The summed E-state index contributed by atoms with van der Waals surface area (Å²) in [5.41, 5.74) is 10.6. The number of fused-ring (bicyclic) bond motifs is 2. The van der Waals surface area contributed by atoms with E-state index in [0.717, 1.165) is 93.3 Å². The number of aromatic amines is 2. The predicted octanol–water partition coefficient (Wildman–Crippen LogP) is 6.61. The van der Waals surface area contributed by atoms with Gasteiger partial charge in [-0.25, -0.2) is 4.39 Å². The summed E-state index contributed by atoms with van der Waals surface area (Å²) >= 11 is 0. The number of benzene rings is 2. The molecule has 3 aromatic heterocycles. The van der Waals surface area contributed by atoms with Crippen molar-refractivity contribution in [2.24, 2.45) is 0 Å². The minimum atomic E-state index is -0.268. The van der Waals surface area contributed by atoms with Gasteiger partial charge < -0.3 is 24.8 Å². The Morgan fingerprint density at radius 3 is 2.58 bits per heavy atom. The van der Waals surface area contributed by atoms with E-state index in [1.807, 2.05) is 52.6 Å². The Kier molecular flexibility index (Phi) is 8.82. The van der Waals surface area contributed by atoms with Crippen LogP contribution in [-0.2, 0) is 6.42 Å². The molecule has 0 spiro atoms. The first kappa shape index (κ1) is 30.3. The highest BCUT2D eigenvalue weighted by atomic mass is 19.1. The maximum Gasteiger partial charge on any atom is 0.138 e. The van der Waals surface area contributed by atoms with Crippen molar-refractivity contribution in [3.63, 3.8) is 0 Å². The molecule has 9 heteroatoms. The SMILES string of the molecule is CC1=CC=C(c2cc(F)cc(NCCN(C)C)c2)c2cc(-c3n[nH]c4ccc(-c5cncc(OCCN(C)C)c5)cc34)[nH]c2C1. The first-order chi connectivity index (χ1) is 21.7. The van der Waals surface area contributed by atoms with Crippen molar-refractivity contribution in [3.8, 4) is 28.3 Å². The average molecular weight is 606 g/mol. The van der Waals surface area contributed by atoms with E-state index in [0.29, 0.717) is 6.61 Å². The molecule has 8 nitrogen and oxygen atoms in total. The van der Waals surface area contributed by atoms with Gasteiger partial charge in [-0.2, -0.15) is 5.10 Å². The molecule has 6 rings (SSSR count). The quantitative estimate of drug-likeness (QED) is 0.157. The summed E-state index contributed by atoms with van der Waals surface area (Å²) in [5.74, 6) is 0.474. The maximum atomic E-state index is 14.9. The molecule has 0 amide bonds. The molecule has 0 saturated heterocycles. The number of ether oxygens (including phenoxy) is 1. The number of anilines is 1. The van der Waals surface area contributed by atoms with Gasteiger partial charge in [-0.05, 0) is 94.3 Å². The van der Waals surface area contributed by atoms with Gasteiger partial charge in [0.1, 0.15) is 23.9 Å². The third-order valence-electron chi connectivity index (χ3n) is 7.95. The lowest BCUT2D eigenvalue weighted by atomic mass is 9.96. The lowest BCUT2D eigenvalue weighted by Crippen LogP contribution is -2.20. The number of hydrogen-bond donors (Lipinski definition) is 3. The van der Waals surface area contributed by atoms with Crippen molar-refractivity contribution in [1.29, 1.82) is 0 Å². The molecule has 0 radical (unpaired) electrons. The third-order valence-corrected chi connectivity index (χ3v) is 7.95. The standard InChI is InChI=1S/C36H40FN7O/c1-23-6-8-30(25-15-27(37)19-28(16-25)39-10-11-43(2)3)31-20-35(40-34(31)14-23)36-32-18-24(7-9-33(32)41-42-36)26-17-29(22-38-21-26)45-13-12-44(4)5/h6-9,15-22,39-40H,10-14H2,1-5H3,(H,41,42). The van der Waals surface area contributed by atoms with Crippen molar-refractivity contribution in [2.45, 2.75) is 13.3 Å². The number of nitrogens with one attached hydrogen (secondary N) is 3. The Hall–Kier alpha value is -4.73. The number of aromatic nitrogens is 4. The molecule has 0 atom stereocenters. The number of likely N-dealkylation sites (N-methyl/N-ethyl adjacent to an activating group) is 2. The highest BCUT2D eigenvalue weighted by Gasteiger charge is 2.20. The maximum absolute atomic E-state index is 14.9. The predicted molar refractivity (Wildman–Crippen MR) is 181 cm³/mol. The summed E-state index contributed by atoms with van der Waals surface area (Å²) in [6.45, 7) is 5.12. The largest absolute Gasteiger partial charge is 0.491 e. The van der Waals surface area contributed by atoms with Crippen molar-refractivity contribution in [2.75, 3.05) is 59.7 Å². The average Bonchev–Trinajstić information content (AvgIpc) is 3.57. The van der Waals surface area contributed by atoms with E-state index in [4.69, 9.17) is 9.84 Å². The van der Waals surface area contributed by atoms with Crippen LogP contribution in [0.2, 0.25) is 0 Å². The van der Waals surface area contributed by atoms with Crippen LogP contribution in [0.1, 0.15) is 23.7 Å². The van der Waals surface area contributed by atoms with Gasteiger partial charge in [0.2, 0.25) is 0 Å². The summed E-state index contributed by atoms with van der Waals surface area (Å²) in [5, 5.41) is 12.3. The minimum absolute atomic E-state index is 0.268. The zero-order valence-electron chi connectivity index (χ0n) is 26.5.